The Morgan fingerprint density at radius 2 is 1.53 bits per heavy atom. The minimum atomic E-state index is 0.311. The van der Waals surface area contributed by atoms with E-state index in [-0.39, 0.29) is 0 Å². The molecule has 3 rings (SSSR count). The smallest absolute Gasteiger partial charge is 0.0120 e. The van der Waals surface area contributed by atoms with Crippen LogP contribution < -0.4 is 5.73 Å². The van der Waals surface area contributed by atoms with Gasteiger partial charge in [0.1, 0.15) is 0 Å². The van der Waals surface area contributed by atoms with Gasteiger partial charge >= 0.3 is 0 Å². The average Bonchev–Trinajstić information content (AvgIpc) is 2.77. The summed E-state index contributed by atoms with van der Waals surface area (Å²) in [4.78, 5) is 0. The van der Waals surface area contributed by atoms with E-state index in [2.05, 4.69) is 61.5 Å². The van der Waals surface area contributed by atoms with Gasteiger partial charge in [-0.2, -0.15) is 0 Å². The van der Waals surface area contributed by atoms with Crippen molar-refractivity contribution in [2.24, 2.45) is 5.73 Å². The van der Waals surface area contributed by atoms with Crippen LogP contribution in [0.25, 0.3) is 12.2 Å². The van der Waals surface area contributed by atoms with Crippen molar-refractivity contribution >= 4 is 12.2 Å². The Kier molecular flexibility index (Phi) is 3.22. The summed E-state index contributed by atoms with van der Waals surface area (Å²) < 4.78 is 0. The van der Waals surface area contributed by atoms with E-state index < -0.39 is 0 Å². The highest BCUT2D eigenvalue weighted by Crippen LogP contribution is 2.23. The van der Waals surface area contributed by atoms with Crippen LogP contribution in [0.15, 0.2) is 42.5 Å². The predicted octanol–water partition coefficient (Wildman–Crippen LogP) is 3.59. The van der Waals surface area contributed by atoms with Crippen molar-refractivity contribution in [2.75, 3.05) is 0 Å². The molecule has 0 radical (unpaired) electrons. The number of benzene rings is 2. The molecule has 19 heavy (non-hydrogen) atoms. The minimum Gasteiger partial charge on any atom is -0.327 e. The molecule has 1 aliphatic carbocycles. The normalized spacial score (nSPS) is 17.9. The SMILES string of the molecule is Cc1ccc(C=Cc2ccc3c(c2)CC(N)C3)cc1. The average molecular weight is 249 g/mol. The largest absolute Gasteiger partial charge is 0.327 e. The van der Waals surface area contributed by atoms with Crippen molar-refractivity contribution < 1.29 is 0 Å². The summed E-state index contributed by atoms with van der Waals surface area (Å²) in [7, 11) is 0. The molecule has 2 N–H and O–H groups in total. The fraction of sp³-hybridized carbons (Fsp3) is 0.222. The summed E-state index contributed by atoms with van der Waals surface area (Å²) in [6, 6.07) is 15.6. The maximum Gasteiger partial charge on any atom is 0.0120 e. The molecule has 2 aromatic rings. The molecule has 1 aliphatic rings. The first kappa shape index (κ1) is 12.2. The molecule has 0 heterocycles. The third-order valence-electron chi connectivity index (χ3n) is 3.74. The van der Waals surface area contributed by atoms with Crippen LogP contribution in [0.4, 0.5) is 0 Å². The van der Waals surface area contributed by atoms with Crippen molar-refractivity contribution in [1.29, 1.82) is 0 Å². The van der Waals surface area contributed by atoms with Gasteiger partial charge in [-0.3, -0.25) is 0 Å². The number of hydrogen-bond donors (Lipinski definition) is 1. The third kappa shape index (κ3) is 2.77. The van der Waals surface area contributed by atoms with Gasteiger partial charge in [0.15, 0.2) is 0 Å². The van der Waals surface area contributed by atoms with E-state index in [4.69, 9.17) is 5.73 Å². The molecule has 0 fully saturated rings. The molecule has 1 unspecified atom stereocenters. The standard InChI is InChI=1S/C18H19N/c1-13-2-4-14(5-3-13)6-7-15-8-9-16-11-18(19)12-17(16)10-15/h2-10,18H,11-12,19H2,1H3. The third-order valence-corrected chi connectivity index (χ3v) is 3.74. The summed E-state index contributed by atoms with van der Waals surface area (Å²) in [5.41, 5.74) is 12.6. The van der Waals surface area contributed by atoms with Gasteiger partial charge in [0, 0.05) is 6.04 Å². The fourth-order valence-corrected chi connectivity index (χ4v) is 2.65. The molecule has 2 aromatic carbocycles. The van der Waals surface area contributed by atoms with E-state index in [0.717, 1.165) is 12.8 Å². The maximum absolute atomic E-state index is 6.00. The highest BCUT2D eigenvalue weighted by Gasteiger charge is 2.17. The topological polar surface area (TPSA) is 26.0 Å². The quantitative estimate of drug-likeness (QED) is 0.809. The zero-order valence-electron chi connectivity index (χ0n) is 11.3. The van der Waals surface area contributed by atoms with Gasteiger partial charge in [-0.05, 0) is 42.0 Å². The molecule has 0 saturated heterocycles. The second-order valence-corrected chi connectivity index (χ2v) is 5.44. The summed E-state index contributed by atoms with van der Waals surface area (Å²) in [5.74, 6) is 0. The van der Waals surface area contributed by atoms with E-state index in [9.17, 15) is 0 Å². The van der Waals surface area contributed by atoms with E-state index >= 15 is 0 Å². The molecular weight excluding hydrogens is 230 g/mol. The lowest BCUT2D eigenvalue weighted by molar-refractivity contribution is 0.721. The van der Waals surface area contributed by atoms with Crippen LogP contribution in [-0.4, -0.2) is 6.04 Å². The van der Waals surface area contributed by atoms with Gasteiger partial charge in [-0.15, -0.1) is 0 Å². The van der Waals surface area contributed by atoms with Crippen LogP contribution in [0.3, 0.4) is 0 Å². The zero-order valence-corrected chi connectivity index (χ0v) is 11.3. The predicted molar refractivity (Wildman–Crippen MR) is 81.9 cm³/mol. The molecule has 96 valence electrons. The summed E-state index contributed by atoms with van der Waals surface area (Å²) in [5, 5.41) is 0. The lowest BCUT2D eigenvalue weighted by Crippen LogP contribution is -2.18. The molecule has 0 saturated carbocycles. The minimum absolute atomic E-state index is 0.311. The molecule has 1 heteroatoms. The maximum atomic E-state index is 6.00. The summed E-state index contributed by atoms with van der Waals surface area (Å²) >= 11 is 0. The lowest BCUT2D eigenvalue weighted by Gasteiger charge is -2.00. The Bertz CT molecular complexity index is 608. The fourth-order valence-electron chi connectivity index (χ4n) is 2.65. The first-order valence-corrected chi connectivity index (χ1v) is 6.83. The van der Waals surface area contributed by atoms with E-state index in [1.54, 1.807) is 0 Å². The zero-order chi connectivity index (χ0) is 13.2. The van der Waals surface area contributed by atoms with Crippen LogP contribution in [0.2, 0.25) is 0 Å². The van der Waals surface area contributed by atoms with Gasteiger partial charge in [-0.1, -0.05) is 60.2 Å². The van der Waals surface area contributed by atoms with Crippen molar-refractivity contribution in [3.8, 4) is 0 Å². The van der Waals surface area contributed by atoms with E-state index in [0.29, 0.717) is 6.04 Å². The first-order valence-electron chi connectivity index (χ1n) is 6.83. The molecule has 0 aliphatic heterocycles. The molecule has 0 amide bonds. The number of aryl methyl sites for hydroxylation is 1. The Balaban J connectivity index is 1.80. The highest BCUT2D eigenvalue weighted by molar-refractivity contribution is 5.70. The van der Waals surface area contributed by atoms with Gasteiger partial charge in [0.25, 0.3) is 0 Å². The number of fused-ring (bicyclic) bond motifs is 1. The lowest BCUT2D eigenvalue weighted by atomic mass is 10.1. The van der Waals surface area contributed by atoms with Crippen LogP contribution in [0.1, 0.15) is 27.8 Å². The van der Waals surface area contributed by atoms with Gasteiger partial charge in [0.2, 0.25) is 0 Å². The second kappa shape index (κ2) is 5.02. The second-order valence-electron chi connectivity index (χ2n) is 5.44. The summed E-state index contributed by atoms with van der Waals surface area (Å²) in [6.45, 7) is 2.11. The Labute approximate surface area is 114 Å². The molecule has 0 aromatic heterocycles. The van der Waals surface area contributed by atoms with Gasteiger partial charge in [-0.25, -0.2) is 0 Å². The van der Waals surface area contributed by atoms with Crippen LogP contribution in [0, 0.1) is 6.92 Å². The van der Waals surface area contributed by atoms with Crippen molar-refractivity contribution in [1.82, 2.24) is 0 Å². The van der Waals surface area contributed by atoms with Crippen molar-refractivity contribution in [2.45, 2.75) is 25.8 Å². The molecular formula is C18H19N. The van der Waals surface area contributed by atoms with Crippen LogP contribution >= 0.6 is 0 Å². The van der Waals surface area contributed by atoms with Gasteiger partial charge in [0.05, 0.1) is 0 Å². The Hall–Kier alpha value is -1.86. The Morgan fingerprint density at radius 3 is 2.32 bits per heavy atom. The molecule has 0 spiro atoms. The van der Waals surface area contributed by atoms with Crippen LogP contribution in [0.5, 0.6) is 0 Å². The van der Waals surface area contributed by atoms with Crippen molar-refractivity contribution in [3.63, 3.8) is 0 Å². The van der Waals surface area contributed by atoms with Crippen molar-refractivity contribution in [3.05, 3.63) is 70.3 Å². The number of hydrogen-bond acceptors (Lipinski definition) is 1. The van der Waals surface area contributed by atoms with E-state index in [1.165, 1.54) is 27.8 Å². The van der Waals surface area contributed by atoms with Crippen LogP contribution in [-0.2, 0) is 12.8 Å². The first-order chi connectivity index (χ1) is 9.20. The van der Waals surface area contributed by atoms with E-state index in [1.807, 2.05) is 0 Å². The Morgan fingerprint density at radius 1 is 0.895 bits per heavy atom. The number of nitrogens with two attached hydrogens (primary N) is 1. The molecule has 1 nitrogen and oxygen atoms in total. The summed E-state index contributed by atoms with van der Waals surface area (Å²) in [6.07, 6.45) is 6.38. The highest BCUT2D eigenvalue weighted by atomic mass is 14.6. The number of rotatable bonds is 2. The van der Waals surface area contributed by atoms with Gasteiger partial charge < -0.3 is 5.73 Å². The molecule has 1 atom stereocenters. The molecule has 0 bridgehead atoms. The monoisotopic (exact) mass is 249 g/mol.